The van der Waals surface area contributed by atoms with Gasteiger partial charge < -0.3 is 25.2 Å². The Bertz CT molecular complexity index is 832. The molecule has 3 N–H and O–H groups in total. The van der Waals surface area contributed by atoms with Crippen LogP contribution in [-0.4, -0.2) is 66.5 Å². The average Bonchev–Trinajstić information content (AvgIpc) is 3.07. The Hall–Kier alpha value is -2.77. The Morgan fingerprint density at radius 2 is 1.82 bits per heavy atom. The Balaban J connectivity index is 1.22. The number of ether oxygens (including phenoxy) is 1. The lowest BCUT2D eigenvalue weighted by Gasteiger charge is -2.36. The highest BCUT2D eigenvalue weighted by Gasteiger charge is 2.21. The number of aliphatic hydroxyl groups is 1. The van der Waals surface area contributed by atoms with Crippen molar-refractivity contribution >= 4 is 17.3 Å². The number of phenols is 1. The third-order valence-electron chi connectivity index (χ3n) is 5.20. The molecule has 2 aliphatic rings. The largest absolute Gasteiger partial charge is 0.508 e. The molecule has 1 saturated heterocycles. The predicted octanol–water partition coefficient (Wildman–Crippen LogP) is 1.45. The van der Waals surface area contributed by atoms with Crippen molar-refractivity contribution in [3.8, 4) is 11.5 Å². The number of anilines is 2. The number of fused-ring (bicyclic) bond motifs is 1. The van der Waals surface area contributed by atoms with Crippen LogP contribution >= 0.6 is 0 Å². The van der Waals surface area contributed by atoms with Crippen molar-refractivity contribution in [3.63, 3.8) is 0 Å². The van der Waals surface area contributed by atoms with Gasteiger partial charge in [0.15, 0.2) is 0 Å². The minimum Gasteiger partial charge on any atom is -0.508 e. The molecule has 0 aromatic heterocycles. The molecule has 28 heavy (non-hydrogen) atoms. The third kappa shape index (κ3) is 4.37. The van der Waals surface area contributed by atoms with Gasteiger partial charge in [-0.2, -0.15) is 0 Å². The molecule has 0 bridgehead atoms. The van der Waals surface area contributed by atoms with Crippen LogP contribution < -0.4 is 15.0 Å². The van der Waals surface area contributed by atoms with E-state index >= 15 is 0 Å². The molecule has 1 amide bonds. The van der Waals surface area contributed by atoms with E-state index in [1.165, 1.54) is 0 Å². The van der Waals surface area contributed by atoms with Gasteiger partial charge >= 0.3 is 0 Å². The van der Waals surface area contributed by atoms with E-state index < -0.39 is 6.10 Å². The highest BCUT2D eigenvalue weighted by Crippen LogP contribution is 2.27. The van der Waals surface area contributed by atoms with Gasteiger partial charge in [-0.25, -0.2) is 0 Å². The summed E-state index contributed by atoms with van der Waals surface area (Å²) in [6.07, 6.45) is -0.200. The van der Waals surface area contributed by atoms with E-state index in [1.807, 2.05) is 30.3 Å². The van der Waals surface area contributed by atoms with Crippen LogP contribution in [0.25, 0.3) is 0 Å². The highest BCUT2D eigenvalue weighted by molar-refractivity contribution is 5.99. The van der Waals surface area contributed by atoms with Crippen LogP contribution in [0.5, 0.6) is 11.5 Å². The number of nitrogens with zero attached hydrogens (tertiary/aromatic N) is 2. The normalized spacial score (nSPS) is 17.9. The van der Waals surface area contributed by atoms with Gasteiger partial charge in [0, 0.05) is 44.1 Å². The minimum atomic E-state index is -0.576. The molecule has 7 nitrogen and oxygen atoms in total. The first-order valence-electron chi connectivity index (χ1n) is 9.57. The van der Waals surface area contributed by atoms with E-state index in [0.717, 1.165) is 43.1 Å². The van der Waals surface area contributed by atoms with Gasteiger partial charge in [0.1, 0.15) is 24.2 Å². The van der Waals surface area contributed by atoms with Crippen molar-refractivity contribution in [2.75, 3.05) is 49.5 Å². The average molecular weight is 383 g/mol. The molecule has 2 heterocycles. The molecule has 1 atom stereocenters. The van der Waals surface area contributed by atoms with Crippen LogP contribution in [0.2, 0.25) is 0 Å². The molecule has 0 spiro atoms. The monoisotopic (exact) mass is 383 g/mol. The number of benzene rings is 2. The molecule has 2 aromatic carbocycles. The van der Waals surface area contributed by atoms with E-state index in [0.29, 0.717) is 18.7 Å². The molecular weight excluding hydrogens is 358 g/mol. The van der Waals surface area contributed by atoms with Crippen molar-refractivity contribution in [3.05, 3.63) is 48.0 Å². The first-order chi connectivity index (χ1) is 13.6. The van der Waals surface area contributed by atoms with E-state index in [2.05, 4.69) is 15.1 Å². The van der Waals surface area contributed by atoms with Crippen LogP contribution in [0.15, 0.2) is 42.5 Å². The predicted molar refractivity (Wildman–Crippen MR) is 107 cm³/mol. The highest BCUT2D eigenvalue weighted by atomic mass is 16.5. The van der Waals surface area contributed by atoms with Gasteiger partial charge in [0.25, 0.3) is 0 Å². The lowest BCUT2D eigenvalue weighted by Crippen LogP contribution is -2.49. The van der Waals surface area contributed by atoms with Gasteiger partial charge in [0.05, 0.1) is 6.42 Å². The number of hydrogen-bond donors (Lipinski definition) is 3. The second-order valence-electron chi connectivity index (χ2n) is 7.31. The van der Waals surface area contributed by atoms with Gasteiger partial charge in [0.2, 0.25) is 5.91 Å². The van der Waals surface area contributed by atoms with Crippen LogP contribution in [0.3, 0.4) is 0 Å². The summed E-state index contributed by atoms with van der Waals surface area (Å²) in [6.45, 7) is 4.27. The van der Waals surface area contributed by atoms with Gasteiger partial charge in [-0.05, 0) is 48.0 Å². The van der Waals surface area contributed by atoms with Gasteiger partial charge in [-0.1, -0.05) is 0 Å². The smallest absolute Gasteiger partial charge is 0.228 e. The molecule has 7 heteroatoms. The van der Waals surface area contributed by atoms with E-state index in [-0.39, 0.29) is 18.3 Å². The number of piperazine rings is 1. The van der Waals surface area contributed by atoms with Crippen LogP contribution in [0.4, 0.5) is 11.4 Å². The molecular formula is C21H25N3O4. The summed E-state index contributed by atoms with van der Waals surface area (Å²) in [5.41, 5.74) is 2.87. The Morgan fingerprint density at radius 3 is 2.57 bits per heavy atom. The fourth-order valence-corrected chi connectivity index (χ4v) is 3.69. The number of amides is 1. The molecule has 2 aromatic rings. The maximum Gasteiger partial charge on any atom is 0.228 e. The van der Waals surface area contributed by atoms with Crippen LogP contribution in [0, 0.1) is 0 Å². The molecule has 1 fully saturated rings. The van der Waals surface area contributed by atoms with E-state index in [1.54, 1.807) is 12.1 Å². The summed E-state index contributed by atoms with van der Waals surface area (Å²) in [5, 5.41) is 22.5. The lowest BCUT2D eigenvalue weighted by molar-refractivity contribution is -0.115. The molecule has 0 aliphatic carbocycles. The lowest BCUT2D eigenvalue weighted by atomic mass is 10.1. The summed E-state index contributed by atoms with van der Waals surface area (Å²) in [6, 6.07) is 12.8. The molecule has 4 rings (SSSR count). The van der Waals surface area contributed by atoms with Crippen LogP contribution in [0.1, 0.15) is 5.56 Å². The standard InChI is InChI=1S/C21H25N3O4/c25-17-3-1-16(2-4-17)24-9-7-23(8-10-24)13-18(26)14-28-19-5-6-20-15(11-19)12-21(27)22-20/h1-6,11,18,25-26H,7-10,12-14H2,(H,22,27). The van der Waals surface area contributed by atoms with Crippen molar-refractivity contribution in [1.82, 2.24) is 4.90 Å². The van der Waals surface area contributed by atoms with Crippen molar-refractivity contribution in [2.24, 2.45) is 0 Å². The quantitative estimate of drug-likeness (QED) is 0.700. The van der Waals surface area contributed by atoms with Crippen LogP contribution in [-0.2, 0) is 11.2 Å². The molecule has 0 radical (unpaired) electrons. The minimum absolute atomic E-state index is 0.00127. The summed E-state index contributed by atoms with van der Waals surface area (Å²) >= 11 is 0. The first-order valence-corrected chi connectivity index (χ1v) is 9.57. The van der Waals surface area contributed by atoms with Crippen molar-refractivity contribution in [2.45, 2.75) is 12.5 Å². The SMILES string of the molecule is O=C1Cc2cc(OCC(O)CN3CCN(c4ccc(O)cc4)CC3)ccc2N1. The number of hydrogen-bond acceptors (Lipinski definition) is 6. The fourth-order valence-electron chi connectivity index (χ4n) is 3.69. The Labute approximate surface area is 164 Å². The zero-order chi connectivity index (χ0) is 19.5. The van der Waals surface area contributed by atoms with Crippen molar-refractivity contribution < 1.29 is 19.7 Å². The number of nitrogens with one attached hydrogen (secondary N) is 1. The number of aliphatic hydroxyl groups excluding tert-OH is 1. The topological polar surface area (TPSA) is 85.3 Å². The number of rotatable bonds is 6. The molecule has 1 unspecified atom stereocenters. The summed E-state index contributed by atoms with van der Waals surface area (Å²) in [7, 11) is 0. The van der Waals surface area contributed by atoms with E-state index in [4.69, 9.17) is 4.74 Å². The van der Waals surface area contributed by atoms with Crippen molar-refractivity contribution in [1.29, 1.82) is 0 Å². The zero-order valence-corrected chi connectivity index (χ0v) is 15.7. The fraction of sp³-hybridized carbons (Fsp3) is 0.381. The van der Waals surface area contributed by atoms with Gasteiger partial charge in [-0.3, -0.25) is 9.69 Å². The summed E-state index contributed by atoms with van der Waals surface area (Å²) in [4.78, 5) is 15.9. The second kappa shape index (κ2) is 8.08. The molecule has 0 saturated carbocycles. The molecule has 148 valence electrons. The number of phenolic OH excluding ortho intramolecular Hbond substituents is 1. The van der Waals surface area contributed by atoms with Gasteiger partial charge in [-0.15, -0.1) is 0 Å². The Kier molecular flexibility index (Phi) is 5.36. The molecule has 2 aliphatic heterocycles. The maximum atomic E-state index is 11.4. The number of carbonyl (C=O) groups excluding carboxylic acids is 1. The summed E-state index contributed by atoms with van der Waals surface area (Å²) < 4.78 is 5.72. The number of β-amino-alcohol motifs (C(OH)–C–C–N with tert-alkyl or cyclic N) is 1. The first kappa shape index (κ1) is 18.6. The van der Waals surface area contributed by atoms with E-state index in [9.17, 15) is 15.0 Å². The number of aromatic hydroxyl groups is 1. The maximum absolute atomic E-state index is 11.4. The summed E-state index contributed by atoms with van der Waals surface area (Å²) in [5.74, 6) is 0.946. The zero-order valence-electron chi connectivity index (χ0n) is 15.7. The third-order valence-corrected chi connectivity index (χ3v) is 5.20. The second-order valence-corrected chi connectivity index (χ2v) is 7.31. The Morgan fingerprint density at radius 1 is 1.07 bits per heavy atom. The number of carbonyl (C=O) groups is 1.